The molecule has 3 heterocycles. The van der Waals surface area contributed by atoms with E-state index in [0.29, 0.717) is 30.4 Å². The summed E-state index contributed by atoms with van der Waals surface area (Å²) in [6.07, 6.45) is 2.23. The second kappa shape index (κ2) is 6.60. The Kier molecular flexibility index (Phi) is 4.36. The normalized spacial score (nSPS) is 17.1. The van der Waals surface area contributed by atoms with E-state index in [1.54, 1.807) is 30.2 Å². The summed E-state index contributed by atoms with van der Waals surface area (Å²) in [5, 5.41) is 7.95. The quantitative estimate of drug-likeness (QED) is 0.851. The van der Waals surface area contributed by atoms with Gasteiger partial charge in [-0.2, -0.15) is 5.10 Å². The monoisotopic (exact) mass is 314 g/mol. The van der Waals surface area contributed by atoms with Crippen molar-refractivity contribution in [2.45, 2.75) is 19.4 Å². The van der Waals surface area contributed by atoms with E-state index in [0.717, 1.165) is 12.1 Å². The van der Waals surface area contributed by atoms with E-state index in [-0.39, 0.29) is 12.0 Å². The van der Waals surface area contributed by atoms with Crippen LogP contribution in [0.4, 0.5) is 0 Å². The van der Waals surface area contributed by atoms with Crippen LogP contribution in [-0.4, -0.2) is 52.3 Å². The molecule has 0 radical (unpaired) electrons. The molecule has 1 unspecified atom stereocenters. The van der Waals surface area contributed by atoms with Crippen LogP contribution in [0, 0.1) is 6.92 Å². The fraction of sp³-hybridized carbons (Fsp3) is 0.375. The van der Waals surface area contributed by atoms with Gasteiger partial charge in [0.25, 0.3) is 5.91 Å². The molecule has 0 bridgehead atoms. The van der Waals surface area contributed by atoms with Gasteiger partial charge in [-0.3, -0.25) is 4.79 Å². The highest BCUT2D eigenvalue weighted by molar-refractivity contribution is 5.94. The van der Waals surface area contributed by atoms with Gasteiger partial charge in [0.15, 0.2) is 0 Å². The van der Waals surface area contributed by atoms with E-state index in [2.05, 4.69) is 15.2 Å². The standard InChI is InChI=1S/C16H18N4O3/c1-11-3-5-15(19-18-11)23-13-7-8-20(10-13)16(21)12-4-6-14(22-2)17-9-12/h3-6,9,13H,7-8,10H2,1-2H3. The molecule has 2 aromatic heterocycles. The molecule has 0 aliphatic carbocycles. The number of carbonyl (C=O) groups excluding carboxylic acids is 1. The number of likely N-dealkylation sites (tertiary alicyclic amines) is 1. The minimum Gasteiger partial charge on any atom is -0.481 e. The number of amides is 1. The smallest absolute Gasteiger partial charge is 0.255 e. The van der Waals surface area contributed by atoms with E-state index in [4.69, 9.17) is 9.47 Å². The largest absolute Gasteiger partial charge is 0.481 e. The van der Waals surface area contributed by atoms with Gasteiger partial charge >= 0.3 is 0 Å². The number of aromatic nitrogens is 3. The summed E-state index contributed by atoms with van der Waals surface area (Å²) in [5.41, 5.74) is 1.38. The summed E-state index contributed by atoms with van der Waals surface area (Å²) < 4.78 is 10.8. The Bertz CT molecular complexity index is 673. The summed E-state index contributed by atoms with van der Waals surface area (Å²) in [7, 11) is 1.54. The van der Waals surface area contributed by atoms with Crippen molar-refractivity contribution in [1.82, 2.24) is 20.1 Å². The summed E-state index contributed by atoms with van der Waals surface area (Å²) in [6.45, 7) is 3.05. The lowest BCUT2D eigenvalue weighted by molar-refractivity contribution is 0.0770. The Morgan fingerprint density at radius 2 is 2.04 bits per heavy atom. The summed E-state index contributed by atoms with van der Waals surface area (Å²) in [4.78, 5) is 18.3. The van der Waals surface area contributed by atoms with E-state index in [9.17, 15) is 4.79 Å². The number of carbonyl (C=O) groups is 1. The molecule has 120 valence electrons. The molecule has 1 aliphatic rings. The topological polar surface area (TPSA) is 77.4 Å². The molecule has 1 amide bonds. The molecule has 1 fully saturated rings. The van der Waals surface area contributed by atoms with Crippen molar-refractivity contribution in [1.29, 1.82) is 0 Å². The summed E-state index contributed by atoms with van der Waals surface area (Å²) in [6, 6.07) is 7.04. The minimum atomic E-state index is -0.0674. The van der Waals surface area contributed by atoms with E-state index >= 15 is 0 Å². The van der Waals surface area contributed by atoms with Crippen molar-refractivity contribution in [3.05, 3.63) is 41.7 Å². The number of aryl methyl sites for hydroxylation is 1. The fourth-order valence-electron chi connectivity index (χ4n) is 2.44. The molecule has 7 nitrogen and oxygen atoms in total. The zero-order valence-corrected chi connectivity index (χ0v) is 13.1. The van der Waals surface area contributed by atoms with Gasteiger partial charge in [0.05, 0.1) is 24.9 Å². The maximum Gasteiger partial charge on any atom is 0.255 e. The SMILES string of the molecule is COc1ccc(C(=O)N2CCC(Oc3ccc(C)nn3)C2)cn1. The van der Waals surface area contributed by atoms with Crippen LogP contribution >= 0.6 is 0 Å². The van der Waals surface area contributed by atoms with Gasteiger partial charge in [-0.25, -0.2) is 4.98 Å². The molecule has 1 saturated heterocycles. The predicted molar refractivity (Wildman–Crippen MR) is 82.5 cm³/mol. The molecule has 0 saturated carbocycles. The van der Waals surface area contributed by atoms with Gasteiger partial charge in [-0.05, 0) is 19.1 Å². The van der Waals surface area contributed by atoms with Crippen LogP contribution < -0.4 is 9.47 Å². The Morgan fingerprint density at radius 3 is 2.70 bits per heavy atom. The number of hydrogen-bond acceptors (Lipinski definition) is 6. The zero-order chi connectivity index (χ0) is 16.2. The number of hydrogen-bond donors (Lipinski definition) is 0. The zero-order valence-electron chi connectivity index (χ0n) is 13.1. The average molecular weight is 314 g/mol. The van der Waals surface area contributed by atoms with Crippen LogP contribution in [0.3, 0.4) is 0 Å². The van der Waals surface area contributed by atoms with Crippen LogP contribution in [0.25, 0.3) is 0 Å². The Hall–Kier alpha value is -2.70. The van der Waals surface area contributed by atoms with Crippen LogP contribution in [0.1, 0.15) is 22.5 Å². The third-order valence-corrected chi connectivity index (χ3v) is 3.69. The van der Waals surface area contributed by atoms with Gasteiger partial charge in [0.1, 0.15) is 6.10 Å². The highest BCUT2D eigenvalue weighted by atomic mass is 16.5. The summed E-state index contributed by atoms with van der Waals surface area (Å²) >= 11 is 0. The van der Waals surface area contributed by atoms with E-state index < -0.39 is 0 Å². The molecule has 2 aromatic rings. The van der Waals surface area contributed by atoms with Gasteiger partial charge in [0.2, 0.25) is 11.8 Å². The first-order chi connectivity index (χ1) is 11.2. The lowest BCUT2D eigenvalue weighted by atomic mass is 10.2. The fourth-order valence-corrected chi connectivity index (χ4v) is 2.44. The maximum absolute atomic E-state index is 12.5. The Labute approximate surface area is 134 Å². The van der Waals surface area contributed by atoms with Crippen molar-refractivity contribution >= 4 is 5.91 Å². The predicted octanol–water partition coefficient (Wildman–Crippen LogP) is 1.48. The van der Waals surface area contributed by atoms with Crippen molar-refractivity contribution in [3.8, 4) is 11.8 Å². The van der Waals surface area contributed by atoms with Crippen LogP contribution in [0.5, 0.6) is 11.8 Å². The van der Waals surface area contributed by atoms with Gasteiger partial charge in [-0.15, -0.1) is 5.10 Å². The summed E-state index contributed by atoms with van der Waals surface area (Å²) in [5.74, 6) is 0.921. The molecular formula is C16H18N4O3. The number of pyridine rings is 1. The highest BCUT2D eigenvalue weighted by Crippen LogP contribution is 2.18. The van der Waals surface area contributed by atoms with Crippen LogP contribution in [0.2, 0.25) is 0 Å². The molecule has 0 aromatic carbocycles. The van der Waals surface area contributed by atoms with Gasteiger partial charge < -0.3 is 14.4 Å². The van der Waals surface area contributed by atoms with Crippen LogP contribution in [0.15, 0.2) is 30.5 Å². The molecule has 1 atom stereocenters. The van der Waals surface area contributed by atoms with Crippen molar-refractivity contribution in [3.63, 3.8) is 0 Å². The number of methoxy groups -OCH3 is 1. The molecule has 1 aliphatic heterocycles. The molecule has 23 heavy (non-hydrogen) atoms. The molecule has 3 rings (SSSR count). The van der Waals surface area contributed by atoms with Crippen molar-refractivity contribution in [2.24, 2.45) is 0 Å². The molecule has 0 N–H and O–H groups in total. The van der Waals surface area contributed by atoms with Gasteiger partial charge in [0, 0.05) is 31.3 Å². The third kappa shape index (κ3) is 3.56. The highest BCUT2D eigenvalue weighted by Gasteiger charge is 2.28. The number of nitrogens with zero attached hydrogens (tertiary/aromatic N) is 4. The van der Waals surface area contributed by atoms with Crippen molar-refractivity contribution in [2.75, 3.05) is 20.2 Å². The number of ether oxygens (including phenoxy) is 2. The second-order valence-corrected chi connectivity index (χ2v) is 5.38. The number of rotatable bonds is 4. The van der Waals surface area contributed by atoms with Gasteiger partial charge in [-0.1, -0.05) is 0 Å². The lowest BCUT2D eigenvalue weighted by Crippen LogP contribution is -2.31. The molecule has 0 spiro atoms. The first-order valence-corrected chi connectivity index (χ1v) is 7.42. The Morgan fingerprint density at radius 1 is 1.22 bits per heavy atom. The minimum absolute atomic E-state index is 0.0544. The maximum atomic E-state index is 12.5. The van der Waals surface area contributed by atoms with E-state index in [1.807, 2.05) is 13.0 Å². The Balaban J connectivity index is 1.60. The molecular weight excluding hydrogens is 296 g/mol. The van der Waals surface area contributed by atoms with E-state index in [1.165, 1.54) is 6.20 Å². The molecule has 7 heteroatoms. The lowest BCUT2D eigenvalue weighted by Gasteiger charge is -2.16. The first kappa shape index (κ1) is 15.2. The van der Waals surface area contributed by atoms with Crippen LogP contribution in [-0.2, 0) is 0 Å². The van der Waals surface area contributed by atoms with Crippen molar-refractivity contribution < 1.29 is 14.3 Å². The second-order valence-electron chi connectivity index (χ2n) is 5.38. The first-order valence-electron chi connectivity index (χ1n) is 7.42. The third-order valence-electron chi connectivity index (χ3n) is 3.69. The average Bonchev–Trinajstić information content (AvgIpc) is 3.05.